The van der Waals surface area contributed by atoms with Crippen LogP contribution in [-0.4, -0.2) is 215 Å². The fourth-order valence-corrected chi connectivity index (χ4v) is 14.8. The lowest BCUT2D eigenvalue weighted by Gasteiger charge is -2.50. The van der Waals surface area contributed by atoms with Crippen LogP contribution in [-0.2, 0) is 42.8 Å². The second-order valence-corrected chi connectivity index (χ2v) is 30.7. The third-order valence-corrected chi connectivity index (χ3v) is 21.5. The molecule has 3 heterocycles. The Hall–Kier alpha value is -2.53. The molecule has 3 fully saturated rings. The number of carboxylic acid groups (broad SMARTS) is 1. The van der Waals surface area contributed by atoms with Gasteiger partial charge in [-0.25, -0.2) is 4.79 Å². The lowest BCUT2D eigenvalue weighted by Crippen LogP contribution is -2.70. The van der Waals surface area contributed by atoms with Crippen LogP contribution >= 0.6 is 0 Å². The number of ether oxygens (including phenoxy) is 6. The number of nitrogens with one attached hydrogen (secondary N) is 2. The molecular weight excluding hydrogens is 1340 g/mol. The Kier molecular flexibility index (Phi) is 55.4. The van der Waals surface area contributed by atoms with Gasteiger partial charge in [0, 0.05) is 19.8 Å². The van der Waals surface area contributed by atoms with Crippen LogP contribution in [0, 0.1) is 0 Å². The van der Waals surface area contributed by atoms with E-state index in [1.165, 1.54) is 257 Å². The van der Waals surface area contributed by atoms with Gasteiger partial charge in [0.15, 0.2) is 12.6 Å². The molecule has 612 valence electrons. The summed E-state index contributed by atoms with van der Waals surface area (Å²) in [5.41, 5.74) is 0. The molecule has 0 aromatic rings. The molecule has 3 aliphatic heterocycles. The van der Waals surface area contributed by atoms with Gasteiger partial charge in [-0.05, 0) is 19.3 Å². The van der Waals surface area contributed by atoms with E-state index in [4.69, 9.17) is 28.4 Å². The van der Waals surface area contributed by atoms with Crippen LogP contribution in [0.15, 0.2) is 12.2 Å². The summed E-state index contributed by atoms with van der Waals surface area (Å²) in [4.78, 5) is 38.7. The molecule has 0 aromatic heterocycles. The van der Waals surface area contributed by atoms with Crippen molar-refractivity contribution in [2.45, 2.75) is 458 Å². The Morgan fingerprint density at radius 1 is 0.500 bits per heavy atom. The van der Waals surface area contributed by atoms with Gasteiger partial charge < -0.3 is 100 Å². The zero-order valence-corrected chi connectivity index (χ0v) is 64.9. The molecule has 104 heavy (non-hydrogen) atoms. The predicted octanol–water partition coefficient (Wildman–Crippen LogP) is 11.7. The van der Waals surface area contributed by atoms with Gasteiger partial charge in [0.1, 0.15) is 67.1 Å². The normalized spacial score (nSPS) is 26.4. The molecule has 3 saturated heterocycles. The molecule has 0 spiro atoms. The van der Waals surface area contributed by atoms with Crippen molar-refractivity contribution in [1.82, 2.24) is 10.6 Å². The maximum atomic E-state index is 13.5. The number of hydrogen-bond donors (Lipinski definition) is 14. The first-order valence-electron chi connectivity index (χ1n) is 42.1. The summed E-state index contributed by atoms with van der Waals surface area (Å²) >= 11 is 0. The number of carboxylic acids is 1. The van der Waals surface area contributed by atoms with Gasteiger partial charge in [0.2, 0.25) is 11.8 Å². The van der Waals surface area contributed by atoms with E-state index in [9.17, 15) is 75.7 Å². The van der Waals surface area contributed by atoms with Crippen LogP contribution in [0.4, 0.5) is 0 Å². The Morgan fingerprint density at radius 2 is 0.894 bits per heavy atom. The van der Waals surface area contributed by atoms with Gasteiger partial charge in [-0.15, -0.1) is 0 Å². The minimum atomic E-state index is -3.08. The standard InChI is InChI=1S/C81H152N2O21/c1-4-6-8-10-12-14-16-18-20-22-23-24-25-26-27-28-29-30-31-32-33-34-35-36-37-39-41-43-45-47-49-51-53-55-68(91)83-62(63(88)54-52-50-48-46-44-42-40-38-21-19-17-15-13-11-9-7-5-2)60-99-78-73(95)72(94)75(67(59-86)101-78)102-79-74(96)77(71(93)66(58-85)100-79)104-81(80(97)98)56-64(89)69(82-61(3)87)76(103-81)70(92)65(90)57-84/h52,54,62-67,69-79,84-86,88-90,92-96H,4-51,53,55-60H2,1-3H3,(H,82,87)(H,83,91)(H,97,98)/b54-52+. The largest absolute Gasteiger partial charge is 0.477 e. The number of unbranched alkanes of at least 4 members (excludes halogenated alkanes) is 47. The van der Waals surface area contributed by atoms with Crippen molar-refractivity contribution in [3.8, 4) is 0 Å². The van der Waals surface area contributed by atoms with Gasteiger partial charge in [0.25, 0.3) is 5.79 Å². The monoisotopic (exact) mass is 1490 g/mol. The van der Waals surface area contributed by atoms with Crippen molar-refractivity contribution in [1.29, 1.82) is 0 Å². The molecule has 0 radical (unpaired) electrons. The number of carbonyl (C=O) groups is 3. The highest BCUT2D eigenvalue weighted by Crippen LogP contribution is 2.39. The van der Waals surface area contributed by atoms with Crippen LogP contribution < -0.4 is 10.6 Å². The van der Waals surface area contributed by atoms with Gasteiger partial charge in [-0.1, -0.05) is 321 Å². The van der Waals surface area contributed by atoms with Crippen molar-refractivity contribution in [3.05, 3.63) is 12.2 Å². The molecule has 3 rings (SSSR count). The summed E-state index contributed by atoms with van der Waals surface area (Å²) in [6.45, 7) is 2.19. The van der Waals surface area contributed by atoms with E-state index in [2.05, 4.69) is 24.5 Å². The van der Waals surface area contributed by atoms with E-state index in [1.54, 1.807) is 6.08 Å². The average Bonchev–Trinajstić information content (AvgIpc) is 0.753. The highest BCUT2D eigenvalue weighted by molar-refractivity contribution is 5.77. The average molecular weight is 1490 g/mol. The van der Waals surface area contributed by atoms with E-state index < -0.39 is 155 Å². The minimum Gasteiger partial charge on any atom is -0.477 e. The lowest BCUT2D eigenvalue weighted by atomic mass is 9.88. The Morgan fingerprint density at radius 3 is 1.28 bits per heavy atom. The van der Waals surface area contributed by atoms with Gasteiger partial charge >= 0.3 is 5.97 Å². The van der Waals surface area contributed by atoms with Crippen molar-refractivity contribution >= 4 is 17.8 Å². The van der Waals surface area contributed by atoms with Crippen molar-refractivity contribution < 1.29 is 104 Å². The maximum absolute atomic E-state index is 13.5. The number of allylic oxidation sites excluding steroid dienone is 1. The molecule has 23 heteroatoms. The van der Waals surface area contributed by atoms with E-state index in [1.807, 2.05) is 6.08 Å². The summed E-state index contributed by atoms with van der Waals surface area (Å²) in [6.07, 6.45) is 37.0. The highest BCUT2D eigenvalue weighted by atomic mass is 16.8. The number of amides is 2. The number of carbonyl (C=O) groups excluding carboxylic acids is 2. The number of aliphatic hydroxyl groups is 11. The number of hydrogen-bond acceptors (Lipinski definition) is 20. The first kappa shape index (κ1) is 95.7. The molecule has 14 N–H and O–H groups in total. The molecule has 0 aliphatic carbocycles. The van der Waals surface area contributed by atoms with Crippen LogP contribution in [0.3, 0.4) is 0 Å². The number of aliphatic carboxylic acids is 1. The van der Waals surface area contributed by atoms with Crippen molar-refractivity contribution in [3.63, 3.8) is 0 Å². The summed E-state index contributed by atoms with van der Waals surface area (Å²) < 4.78 is 34.9. The van der Waals surface area contributed by atoms with E-state index in [0.29, 0.717) is 12.8 Å². The Balaban J connectivity index is 1.45. The molecule has 18 atom stereocenters. The zero-order valence-electron chi connectivity index (χ0n) is 64.9. The lowest BCUT2D eigenvalue weighted by molar-refractivity contribution is -0.386. The van der Waals surface area contributed by atoms with Crippen LogP contribution in [0.25, 0.3) is 0 Å². The van der Waals surface area contributed by atoms with Crippen molar-refractivity contribution in [2.75, 3.05) is 26.4 Å². The first-order chi connectivity index (χ1) is 50.4. The minimum absolute atomic E-state index is 0.206. The zero-order chi connectivity index (χ0) is 76.0. The van der Waals surface area contributed by atoms with Gasteiger partial charge in [-0.3, -0.25) is 9.59 Å². The second-order valence-electron chi connectivity index (χ2n) is 30.7. The molecule has 0 saturated carbocycles. The Bertz CT molecular complexity index is 2120. The summed E-state index contributed by atoms with van der Waals surface area (Å²) in [7, 11) is 0. The predicted molar refractivity (Wildman–Crippen MR) is 403 cm³/mol. The van der Waals surface area contributed by atoms with Crippen LogP contribution in [0.2, 0.25) is 0 Å². The van der Waals surface area contributed by atoms with E-state index in [-0.39, 0.29) is 12.3 Å². The quantitative estimate of drug-likeness (QED) is 0.0199. The maximum Gasteiger partial charge on any atom is 0.364 e. The molecule has 23 nitrogen and oxygen atoms in total. The topological polar surface area (TPSA) is 373 Å². The van der Waals surface area contributed by atoms with Gasteiger partial charge in [0.05, 0.1) is 50.7 Å². The van der Waals surface area contributed by atoms with E-state index >= 15 is 0 Å². The molecule has 18 unspecified atom stereocenters. The molecule has 0 aromatic carbocycles. The number of rotatable bonds is 67. The third kappa shape index (κ3) is 39.9. The van der Waals surface area contributed by atoms with E-state index in [0.717, 1.165) is 51.9 Å². The molecule has 3 aliphatic rings. The fourth-order valence-electron chi connectivity index (χ4n) is 14.8. The highest BCUT2D eigenvalue weighted by Gasteiger charge is 2.60. The van der Waals surface area contributed by atoms with Gasteiger partial charge in [-0.2, -0.15) is 0 Å². The third-order valence-electron chi connectivity index (χ3n) is 21.5. The summed E-state index contributed by atoms with van der Waals surface area (Å²) in [5.74, 6) is -6.13. The fraction of sp³-hybridized carbons (Fsp3) is 0.938. The first-order valence-corrected chi connectivity index (χ1v) is 42.1. The molecular formula is C81H152N2O21. The second kappa shape index (κ2) is 60.2. The molecule has 2 amide bonds. The smallest absolute Gasteiger partial charge is 0.364 e. The summed E-state index contributed by atoms with van der Waals surface area (Å²) in [5, 5.41) is 136. The SMILES string of the molecule is CCCCCCCCCCCCCCCCC/C=C/C(O)C(COC1OC(CO)C(OC2OC(CO)C(O)C(OC3(C(=O)O)CC(O)C(NC(C)=O)C(C(O)C(O)CO)O3)C2O)C(O)C1O)NC(=O)CCCCCCCCCCCCCCCCCCCCCCCCCCCCCCCCCCC. The van der Waals surface area contributed by atoms with Crippen molar-refractivity contribution in [2.24, 2.45) is 0 Å². The summed E-state index contributed by atoms with van der Waals surface area (Å²) in [6, 6.07) is -2.62. The Labute approximate surface area is 626 Å². The van der Waals surface area contributed by atoms with Crippen LogP contribution in [0.1, 0.15) is 348 Å². The number of aliphatic hydroxyl groups excluding tert-OH is 11. The van der Waals surface area contributed by atoms with Crippen LogP contribution in [0.5, 0.6) is 0 Å². The molecule has 0 bridgehead atoms.